The van der Waals surface area contributed by atoms with Gasteiger partial charge in [0.15, 0.2) is 4.98 Å². The van der Waals surface area contributed by atoms with Gasteiger partial charge in [-0.25, -0.2) is 0 Å². The van der Waals surface area contributed by atoms with Crippen LogP contribution in [0.4, 0.5) is 11.4 Å². The van der Waals surface area contributed by atoms with Crippen molar-refractivity contribution >= 4 is 17.3 Å². The normalized spacial score (nSPS) is 8.00. The second-order valence-electron chi connectivity index (χ2n) is 2.30. The molecule has 1 rings (SSSR count). The summed E-state index contributed by atoms with van der Waals surface area (Å²) >= 11 is 0. The van der Waals surface area contributed by atoms with Crippen molar-refractivity contribution in [3.63, 3.8) is 0 Å². The van der Waals surface area contributed by atoms with Gasteiger partial charge >= 0.3 is 5.69 Å². The highest BCUT2D eigenvalue weighted by Crippen LogP contribution is 2.23. The molecule has 1 aromatic rings. The topological polar surface area (TPSA) is 57.2 Å². The minimum Gasteiger partial charge on any atom is -1.00 e. The third-order valence-electron chi connectivity index (χ3n) is 1.32. The van der Waals surface area contributed by atoms with Gasteiger partial charge in [0.05, 0.1) is 0 Å². The van der Waals surface area contributed by atoms with Gasteiger partial charge in [-0.05, 0) is 6.07 Å². The molecule has 0 unspecified atom stereocenters. The molecular weight excluding hydrogens is 190 g/mol. The molecule has 1 N–H and O–H groups in total. The van der Waals surface area contributed by atoms with Gasteiger partial charge in [-0.15, -0.1) is 0 Å². The zero-order chi connectivity index (χ0) is 8.97. The summed E-state index contributed by atoms with van der Waals surface area (Å²) in [5.41, 5.74) is 0.861. The van der Waals surface area contributed by atoms with E-state index >= 15 is 0 Å². The lowest BCUT2D eigenvalue weighted by atomic mass is 10.3. The molecule has 5 heteroatoms. The molecule has 0 aliphatic carbocycles. The van der Waals surface area contributed by atoms with Crippen LogP contribution in [0.3, 0.4) is 0 Å². The number of nitrogens with one attached hydrogen (secondary N) is 1. The van der Waals surface area contributed by atoms with E-state index in [-0.39, 0.29) is 18.3 Å². The van der Waals surface area contributed by atoms with E-state index in [0.29, 0.717) is 11.4 Å². The number of halogens is 1. The molecule has 1 aromatic carbocycles. The van der Waals surface area contributed by atoms with Crippen LogP contribution in [-0.2, 0) is 4.79 Å². The molecule has 0 atom stereocenters. The Labute approximate surface area is 82.0 Å². The first-order chi connectivity index (χ1) is 5.74. The Hall–Kier alpha value is -1.60. The number of anilines is 1. The van der Waals surface area contributed by atoms with E-state index in [9.17, 15) is 4.79 Å². The predicted molar refractivity (Wildman–Crippen MR) is 45.5 cm³/mol. The number of hydrogen-bond donors (Lipinski definition) is 1. The molecule has 0 aromatic heterocycles. The number of amides is 1. The van der Waals surface area contributed by atoms with Crippen molar-refractivity contribution in [3.05, 3.63) is 29.2 Å². The van der Waals surface area contributed by atoms with Crippen molar-refractivity contribution in [1.82, 2.24) is 0 Å². The van der Waals surface area contributed by atoms with E-state index in [0.717, 1.165) is 0 Å². The lowest BCUT2D eigenvalue weighted by molar-refractivity contribution is -0.114. The molecule has 0 radical (unpaired) electrons. The van der Waals surface area contributed by atoms with E-state index < -0.39 is 0 Å². The highest BCUT2D eigenvalue weighted by molar-refractivity contribution is 5.92. The average molecular weight is 198 g/mol. The van der Waals surface area contributed by atoms with Crippen LogP contribution in [0.1, 0.15) is 6.92 Å². The molecule has 68 valence electrons. The fourth-order valence-electron chi connectivity index (χ4n) is 0.856. The van der Waals surface area contributed by atoms with Crippen molar-refractivity contribution < 1.29 is 17.2 Å². The third-order valence-corrected chi connectivity index (χ3v) is 1.32. The van der Waals surface area contributed by atoms with Crippen LogP contribution >= 0.6 is 0 Å². The molecule has 0 bridgehead atoms. The number of nitrogens with zero attached hydrogens (tertiary/aromatic N) is 2. The number of carbonyl (C=O) groups is 1. The van der Waals surface area contributed by atoms with E-state index in [1.165, 1.54) is 6.92 Å². The van der Waals surface area contributed by atoms with Crippen molar-refractivity contribution in [2.75, 3.05) is 5.32 Å². The second kappa shape index (κ2) is 5.12. The van der Waals surface area contributed by atoms with Crippen LogP contribution in [0.2, 0.25) is 0 Å². The Morgan fingerprint density at radius 1 is 1.46 bits per heavy atom. The molecular formula is C8H8ClN3O. The Bertz CT molecular complexity index is 345. The summed E-state index contributed by atoms with van der Waals surface area (Å²) in [6, 6.07) is 6.74. The van der Waals surface area contributed by atoms with Gasteiger partial charge in [-0.2, -0.15) is 0 Å². The van der Waals surface area contributed by atoms with Gasteiger partial charge in [0.2, 0.25) is 11.3 Å². The van der Waals surface area contributed by atoms with Gasteiger partial charge in [0.25, 0.3) is 0 Å². The summed E-state index contributed by atoms with van der Waals surface area (Å²) < 4.78 is 0. The summed E-state index contributed by atoms with van der Waals surface area (Å²) in [6.07, 6.45) is 0. The summed E-state index contributed by atoms with van der Waals surface area (Å²) in [7, 11) is 0. The van der Waals surface area contributed by atoms with Crippen LogP contribution in [0.25, 0.3) is 4.98 Å². The molecule has 0 saturated heterocycles. The minimum atomic E-state index is -0.189. The highest BCUT2D eigenvalue weighted by atomic mass is 35.5. The number of benzene rings is 1. The van der Waals surface area contributed by atoms with Crippen LogP contribution in [0.5, 0.6) is 0 Å². The van der Waals surface area contributed by atoms with E-state index in [4.69, 9.17) is 5.39 Å². The molecule has 13 heavy (non-hydrogen) atoms. The zero-order valence-corrected chi connectivity index (χ0v) is 7.75. The van der Waals surface area contributed by atoms with Gasteiger partial charge in [-0.3, -0.25) is 4.79 Å². The molecule has 1 amide bonds. The summed E-state index contributed by atoms with van der Waals surface area (Å²) in [6.45, 7) is 1.40. The first-order valence-electron chi connectivity index (χ1n) is 3.46. The average Bonchev–Trinajstić information content (AvgIpc) is 2.04. The molecule has 0 aliphatic rings. The molecule has 0 saturated carbocycles. The summed E-state index contributed by atoms with van der Waals surface area (Å²) in [4.78, 5) is 13.7. The zero-order valence-electron chi connectivity index (χ0n) is 6.99. The van der Waals surface area contributed by atoms with Crippen molar-refractivity contribution in [2.24, 2.45) is 0 Å². The standard InChI is InChI=1S/C8H7N3O.ClH/c1-6(12)10-7-4-2-3-5-8(7)11-9;/h2-5H,1H3;1H. The first-order valence-corrected chi connectivity index (χ1v) is 3.46. The minimum absolute atomic E-state index is 0. The largest absolute Gasteiger partial charge is 1.00 e. The Balaban J connectivity index is 0.00000144. The van der Waals surface area contributed by atoms with Crippen molar-refractivity contribution in [3.8, 4) is 0 Å². The SMILES string of the molecule is CC(=O)Nc1ccccc1[N+]#N.[Cl-]. The monoisotopic (exact) mass is 197 g/mol. The number of rotatable bonds is 1. The van der Waals surface area contributed by atoms with Gasteiger partial charge in [-0.1, -0.05) is 12.1 Å². The van der Waals surface area contributed by atoms with Gasteiger partial charge in [0, 0.05) is 13.0 Å². The molecule has 0 aliphatic heterocycles. The molecule has 4 nitrogen and oxygen atoms in total. The first kappa shape index (κ1) is 11.4. The highest BCUT2D eigenvalue weighted by Gasteiger charge is 2.11. The molecule has 0 fully saturated rings. The fraction of sp³-hybridized carbons (Fsp3) is 0.125. The van der Waals surface area contributed by atoms with Crippen LogP contribution in [-0.4, -0.2) is 5.91 Å². The van der Waals surface area contributed by atoms with Crippen LogP contribution < -0.4 is 17.7 Å². The Morgan fingerprint density at radius 3 is 2.62 bits per heavy atom. The maximum absolute atomic E-state index is 10.6. The smallest absolute Gasteiger partial charge is 0.408 e. The number of diazo groups is 1. The lowest BCUT2D eigenvalue weighted by Gasteiger charge is -1.95. The number of carbonyl (C=O) groups excluding carboxylic acids is 1. The quantitative estimate of drug-likeness (QED) is 0.596. The van der Waals surface area contributed by atoms with Gasteiger partial charge < -0.3 is 17.7 Å². The Morgan fingerprint density at radius 2 is 2.08 bits per heavy atom. The summed E-state index contributed by atoms with van der Waals surface area (Å²) in [5, 5.41) is 11.0. The third kappa shape index (κ3) is 3.09. The predicted octanol–water partition coefficient (Wildman–Crippen LogP) is -0.866. The second-order valence-corrected chi connectivity index (χ2v) is 2.30. The van der Waals surface area contributed by atoms with Crippen molar-refractivity contribution in [2.45, 2.75) is 6.92 Å². The fourth-order valence-corrected chi connectivity index (χ4v) is 0.856. The molecule has 0 heterocycles. The van der Waals surface area contributed by atoms with E-state index in [2.05, 4.69) is 10.3 Å². The van der Waals surface area contributed by atoms with Crippen LogP contribution in [0.15, 0.2) is 24.3 Å². The van der Waals surface area contributed by atoms with Crippen LogP contribution in [0, 0.1) is 5.39 Å². The molecule has 0 spiro atoms. The van der Waals surface area contributed by atoms with E-state index in [1.54, 1.807) is 24.3 Å². The maximum atomic E-state index is 10.6. The van der Waals surface area contributed by atoms with Gasteiger partial charge in [0.1, 0.15) is 5.69 Å². The maximum Gasteiger partial charge on any atom is 0.408 e. The summed E-state index contributed by atoms with van der Waals surface area (Å²) in [5.74, 6) is -0.189. The number of hydrogen-bond acceptors (Lipinski definition) is 2. The lowest BCUT2D eigenvalue weighted by Crippen LogP contribution is -3.00. The number of para-hydroxylation sites is 1. The van der Waals surface area contributed by atoms with Crippen molar-refractivity contribution in [1.29, 1.82) is 5.39 Å². The van der Waals surface area contributed by atoms with E-state index in [1.807, 2.05) is 0 Å². The Kier molecular flexibility index (Phi) is 4.49.